The Bertz CT molecular complexity index is 3180. The molecule has 0 bridgehead atoms. The second-order valence-electron chi connectivity index (χ2n) is 13.7. The molecule has 0 aliphatic rings. The lowest BCUT2D eigenvalue weighted by atomic mass is 9.98. The summed E-state index contributed by atoms with van der Waals surface area (Å²) in [7, 11) is 0. The summed E-state index contributed by atoms with van der Waals surface area (Å²) in [5.74, 6) is 0. The largest absolute Gasteiger partial charge is 0.456 e. The highest BCUT2D eigenvalue weighted by Gasteiger charge is 2.23. The Labute approximate surface area is 310 Å². The fraction of sp³-hybridized carbons (Fsp3) is 0. The van der Waals surface area contributed by atoms with E-state index in [1.165, 1.54) is 64.0 Å². The summed E-state index contributed by atoms with van der Waals surface area (Å²) in [6.07, 6.45) is 0. The number of hydrogen-bond donors (Lipinski definition) is 0. The van der Waals surface area contributed by atoms with Crippen molar-refractivity contribution < 1.29 is 4.42 Å². The van der Waals surface area contributed by atoms with Crippen LogP contribution in [0.5, 0.6) is 0 Å². The van der Waals surface area contributed by atoms with Gasteiger partial charge in [-0.2, -0.15) is 0 Å². The van der Waals surface area contributed by atoms with Crippen molar-refractivity contribution in [3.63, 3.8) is 0 Å². The Morgan fingerprint density at radius 3 is 1.87 bits per heavy atom. The second kappa shape index (κ2) is 11.9. The van der Waals surface area contributed by atoms with Crippen molar-refractivity contribution in [2.45, 2.75) is 0 Å². The molecule has 2 heterocycles. The summed E-state index contributed by atoms with van der Waals surface area (Å²) < 4.78 is 8.86. The van der Waals surface area contributed by atoms with E-state index in [-0.39, 0.29) is 0 Å². The summed E-state index contributed by atoms with van der Waals surface area (Å²) in [5.41, 5.74) is 10.0. The summed E-state index contributed by atoms with van der Waals surface area (Å²) in [6, 6.07) is 68.1. The molecular weight excluding hydrogens is 663 g/mol. The highest BCUT2D eigenvalue weighted by atomic mass is 32.1. The van der Waals surface area contributed by atoms with Crippen LogP contribution >= 0.6 is 11.3 Å². The quantitative estimate of drug-likeness (QED) is 0.167. The average Bonchev–Trinajstić information content (AvgIpc) is 3.80. The van der Waals surface area contributed by atoms with E-state index in [2.05, 4.69) is 181 Å². The molecule has 2 aromatic heterocycles. The minimum atomic E-state index is 0.887. The van der Waals surface area contributed by atoms with Gasteiger partial charge in [-0.3, -0.25) is 0 Å². The number of fused-ring (bicyclic) bond motifs is 9. The molecule has 2 nitrogen and oxygen atoms in total. The van der Waals surface area contributed by atoms with Crippen LogP contribution in [0.3, 0.4) is 0 Å². The molecule has 9 aromatic carbocycles. The van der Waals surface area contributed by atoms with Gasteiger partial charge >= 0.3 is 0 Å². The predicted octanol–water partition coefficient (Wildman–Crippen LogP) is 15.1. The molecule has 0 amide bonds. The zero-order chi connectivity index (χ0) is 34.9. The lowest BCUT2D eigenvalue weighted by Crippen LogP contribution is -2.10. The van der Waals surface area contributed by atoms with Gasteiger partial charge in [0.1, 0.15) is 11.2 Å². The molecule has 0 saturated carbocycles. The molecule has 3 heteroatoms. The van der Waals surface area contributed by atoms with Crippen LogP contribution in [0.4, 0.5) is 17.1 Å². The number of thiophene rings is 1. The van der Waals surface area contributed by atoms with Crippen molar-refractivity contribution in [1.82, 2.24) is 0 Å². The Morgan fingerprint density at radius 1 is 0.396 bits per heavy atom. The number of benzene rings is 9. The van der Waals surface area contributed by atoms with Crippen molar-refractivity contribution in [3.8, 4) is 22.3 Å². The third-order valence-electron chi connectivity index (χ3n) is 10.6. The van der Waals surface area contributed by atoms with Crippen LogP contribution in [0.1, 0.15) is 0 Å². The van der Waals surface area contributed by atoms with Crippen LogP contribution in [-0.4, -0.2) is 0 Å². The van der Waals surface area contributed by atoms with E-state index in [1.807, 2.05) is 23.5 Å². The molecule has 0 radical (unpaired) electrons. The minimum absolute atomic E-state index is 0.887. The van der Waals surface area contributed by atoms with Gasteiger partial charge < -0.3 is 9.32 Å². The monoisotopic (exact) mass is 693 g/mol. The average molecular weight is 694 g/mol. The molecule has 11 aromatic rings. The van der Waals surface area contributed by atoms with Gasteiger partial charge in [-0.05, 0) is 92.3 Å². The molecule has 0 unspecified atom stereocenters. The molecule has 11 rings (SSSR count). The maximum absolute atomic E-state index is 6.32. The van der Waals surface area contributed by atoms with E-state index in [0.717, 1.165) is 39.0 Å². The normalized spacial score (nSPS) is 11.8. The molecule has 0 aliphatic carbocycles. The first-order valence-corrected chi connectivity index (χ1v) is 18.8. The fourth-order valence-electron chi connectivity index (χ4n) is 8.11. The molecule has 0 aliphatic heterocycles. The smallest absolute Gasteiger partial charge is 0.135 e. The van der Waals surface area contributed by atoms with E-state index in [0.29, 0.717) is 0 Å². The Kier molecular flexibility index (Phi) is 6.76. The molecule has 248 valence electrons. The lowest BCUT2D eigenvalue weighted by molar-refractivity contribution is 0.669. The van der Waals surface area contributed by atoms with Crippen molar-refractivity contribution >= 4 is 92.1 Å². The van der Waals surface area contributed by atoms with Crippen molar-refractivity contribution in [2.24, 2.45) is 0 Å². The van der Waals surface area contributed by atoms with Crippen LogP contribution in [0.15, 0.2) is 192 Å². The van der Waals surface area contributed by atoms with Gasteiger partial charge in [0, 0.05) is 42.3 Å². The van der Waals surface area contributed by atoms with E-state index < -0.39 is 0 Å². The van der Waals surface area contributed by atoms with Crippen LogP contribution in [0, 0.1) is 0 Å². The number of anilines is 3. The highest BCUT2D eigenvalue weighted by Crippen LogP contribution is 2.50. The van der Waals surface area contributed by atoms with Gasteiger partial charge in [0.2, 0.25) is 0 Å². The first-order valence-electron chi connectivity index (χ1n) is 18.0. The Hall–Kier alpha value is -6.68. The van der Waals surface area contributed by atoms with E-state index in [4.69, 9.17) is 4.42 Å². The van der Waals surface area contributed by atoms with Crippen LogP contribution in [0.25, 0.3) is 85.9 Å². The van der Waals surface area contributed by atoms with Crippen LogP contribution < -0.4 is 4.90 Å². The molecule has 53 heavy (non-hydrogen) atoms. The molecule has 0 saturated heterocycles. The molecule has 0 fully saturated rings. The number of rotatable bonds is 5. The number of para-hydroxylation sites is 1. The zero-order valence-electron chi connectivity index (χ0n) is 28.7. The van der Waals surface area contributed by atoms with E-state index in [1.54, 1.807) is 0 Å². The van der Waals surface area contributed by atoms with Crippen molar-refractivity contribution in [1.29, 1.82) is 0 Å². The van der Waals surface area contributed by atoms with Gasteiger partial charge in [0.15, 0.2) is 0 Å². The van der Waals surface area contributed by atoms with Crippen LogP contribution in [0.2, 0.25) is 0 Å². The standard InChI is InChI=1S/C50H31NOS/c1-3-11-32(12-4-1)36-22-25-42-48(29-36)53-50-40(33-13-5-2-6-14-33)26-27-45(49(42)50)51(38-24-28-47-44(31-38)41-17-9-10-18-46(41)52-47)37-23-21-35-20-19-34-15-7-8-16-39(34)43(35)30-37/h1-31H. The third-order valence-corrected chi connectivity index (χ3v) is 11.8. The van der Waals surface area contributed by atoms with E-state index in [9.17, 15) is 0 Å². The van der Waals surface area contributed by atoms with Gasteiger partial charge in [0.05, 0.1) is 5.69 Å². The van der Waals surface area contributed by atoms with Gasteiger partial charge in [0.25, 0.3) is 0 Å². The van der Waals surface area contributed by atoms with Gasteiger partial charge in [-0.15, -0.1) is 11.3 Å². The van der Waals surface area contributed by atoms with Crippen molar-refractivity contribution in [3.05, 3.63) is 188 Å². The van der Waals surface area contributed by atoms with Crippen molar-refractivity contribution in [2.75, 3.05) is 4.90 Å². The Balaban J connectivity index is 1.23. The highest BCUT2D eigenvalue weighted by molar-refractivity contribution is 7.26. The molecule has 0 spiro atoms. The summed E-state index contributed by atoms with van der Waals surface area (Å²) >= 11 is 1.88. The van der Waals surface area contributed by atoms with Gasteiger partial charge in [-0.25, -0.2) is 0 Å². The first kappa shape index (κ1) is 30.0. The van der Waals surface area contributed by atoms with Gasteiger partial charge in [-0.1, -0.05) is 140 Å². The minimum Gasteiger partial charge on any atom is -0.456 e. The lowest BCUT2D eigenvalue weighted by Gasteiger charge is -2.27. The second-order valence-corrected chi connectivity index (χ2v) is 14.7. The topological polar surface area (TPSA) is 16.4 Å². The first-order chi connectivity index (χ1) is 26.3. The maximum atomic E-state index is 6.32. The van der Waals surface area contributed by atoms with E-state index >= 15 is 0 Å². The molecule has 0 atom stereocenters. The maximum Gasteiger partial charge on any atom is 0.135 e. The number of furan rings is 1. The SMILES string of the molecule is c1ccc(-c2ccc3c(c2)sc2c(-c4ccccc4)ccc(N(c4ccc5ccc6ccccc6c5c4)c4ccc5oc6ccccc6c5c4)c23)cc1. The predicted molar refractivity (Wildman–Crippen MR) is 227 cm³/mol. The summed E-state index contributed by atoms with van der Waals surface area (Å²) in [6.45, 7) is 0. The molecule has 0 N–H and O–H groups in total. The zero-order valence-corrected chi connectivity index (χ0v) is 29.5. The number of nitrogens with zero attached hydrogens (tertiary/aromatic N) is 1. The summed E-state index contributed by atoms with van der Waals surface area (Å²) in [4.78, 5) is 2.46. The number of hydrogen-bond acceptors (Lipinski definition) is 3. The van der Waals surface area contributed by atoms with Crippen LogP contribution in [-0.2, 0) is 0 Å². The molecular formula is C50H31NOS. The summed E-state index contributed by atoms with van der Waals surface area (Å²) in [5, 5.41) is 9.68. The third kappa shape index (κ3) is 4.86. The fourth-order valence-corrected chi connectivity index (χ4v) is 9.41. The Morgan fingerprint density at radius 2 is 1.04 bits per heavy atom.